The molecule has 0 spiro atoms. The molecule has 0 atom stereocenters. The van der Waals surface area contributed by atoms with Gasteiger partial charge in [0.2, 0.25) is 5.95 Å². The average molecular weight is 475 g/mol. The number of hydrogen-bond donors (Lipinski definition) is 4. The van der Waals surface area contributed by atoms with Crippen molar-refractivity contribution in [3.05, 3.63) is 65.5 Å². The lowest BCUT2D eigenvalue weighted by molar-refractivity contribution is 0.0964. The van der Waals surface area contributed by atoms with Crippen LogP contribution in [-0.2, 0) is 0 Å². The molecule has 34 heavy (non-hydrogen) atoms. The molecular weight excluding hydrogens is 448 g/mol. The smallest absolute Gasteiger partial charge is 0.253 e. The normalized spacial score (nSPS) is 14.2. The number of piperidine rings is 1. The number of nitrogens with one attached hydrogen (secondary N) is 3. The third kappa shape index (κ3) is 4.66. The van der Waals surface area contributed by atoms with E-state index in [0.29, 0.717) is 23.0 Å². The number of fused-ring (bicyclic) bond motifs is 1. The maximum Gasteiger partial charge on any atom is 0.253 e. The summed E-state index contributed by atoms with van der Waals surface area (Å²) < 4.78 is 0.917. The van der Waals surface area contributed by atoms with Crippen LogP contribution in [0.5, 0.6) is 0 Å². The molecular formula is C25H26N6O2S. The van der Waals surface area contributed by atoms with Crippen molar-refractivity contribution >= 4 is 56.3 Å². The lowest BCUT2D eigenvalue weighted by Gasteiger charge is -2.31. The quantitative estimate of drug-likeness (QED) is 0.326. The molecule has 1 saturated heterocycles. The minimum absolute atomic E-state index is 0.166. The fourth-order valence-electron chi connectivity index (χ4n) is 4.07. The van der Waals surface area contributed by atoms with Crippen molar-refractivity contribution in [1.82, 2.24) is 15.3 Å². The minimum atomic E-state index is -0.188. The molecule has 2 aromatic heterocycles. The predicted octanol–water partition coefficient (Wildman–Crippen LogP) is 4.50. The lowest BCUT2D eigenvalue weighted by Crippen LogP contribution is -2.35. The van der Waals surface area contributed by atoms with E-state index in [-0.39, 0.29) is 12.0 Å². The van der Waals surface area contributed by atoms with Crippen molar-refractivity contribution in [2.75, 3.05) is 35.7 Å². The third-order valence-corrected chi connectivity index (χ3v) is 6.82. The topological polar surface area (TPSA) is 102 Å². The average Bonchev–Trinajstić information content (AvgIpc) is 3.34. The molecule has 1 aliphatic rings. The Morgan fingerprint density at radius 3 is 2.56 bits per heavy atom. The van der Waals surface area contributed by atoms with Gasteiger partial charge in [0.05, 0.1) is 27.6 Å². The highest BCUT2D eigenvalue weighted by Gasteiger charge is 2.17. The molecule has 0 saturated carbocycles. The van der Waals surface area contributed by atoms with Crippen LogP contribution >= 0.6 is 11.3 Å². The van der Waals surface area contributed by atoms with Crippen LogP contribution in [0.25, 0.3) is 10.2 Å². The summed E-state index contributed by atoms with van der Waals surface area (Å²) >= 11 is 1.55. The monoisotopic (exact) mass is 474 g/mol. The molecule has 1 aliphatic heterocycles. The Morgan fingerprint density at radius 2 is 1.79 bits per heavy atom. The van der Waals surface area contributed by atoms with E-state index in [1.54, 1.807) is 24.5 Å². The molecule has 0 aliphatic carbocycles. The molecule has 174 valence electrons. The molecule has 0 unspecified atom stereocenters. The molecule has 9 heteroatoms. The molecule has 2 aromatic carbocycles. The van der Waals surface area contributed by atoms with Gasteiger partial charge in [-0.15, -0.1) is 11.3 Å². The first-order valence-electron chi connectivity index (χ1n) is 11.2. The Bertz CT molecular complexity index is 1300. The molecule has 4 N–H and O–H groups in total. The van der Waals surface area contributed by atoms with Crippen molar-refractivity contribution in [2.24, 2.45) is 0 Å². The first kappa shape index (κ1) is 22.1. The summed E-state index contributed by atoms with van der Waals surface area (Å²) in [6, 6.07) is 17.5. The van der Waals surface area contributed by atoms with Gasteiger partial charge in [-0.25, -0.2) is 4.98 Å². The van der Waals surface area contributed by atoms with Gasteiger partial charge in [0, 0.05) is 31.5 Å². The number of carbonyl (C=O) groups excluding carboxylic acids is 1. The van der Waals surface area contributed by atoms with Crippen molar-refractivity contribution in [1.29, 1.82) is 0 Å². The van der Waals surface area contributed by atoms with Crippen molar-refractivity contribution in [3.63, 3.8) is 0 Å². The first-order valence-corrected chi connectivity index (χ1v) is 12.1. The second kappa shape index (κ2) is 9.66. The number of thiophene rings is 1. The standard InChI is InChI=1S/C25H26N6O2S/c1-26-24(33)19-4-2-3-5-20(19)28-23-22-21(12-15-34-22)29-25(30-23)27-16-6-8-17(9-7-16)31-13-10-18(32)11-14-31/h2-9,12,15,18,32H,10-11,13-14H2,1H3,(H,26,33)(H2,27,28,29,30). The molecule has 3 heterocycles. The van der Waals surface area contributed by atoms with E-state index in [0.717, 1.165) is 47.5 Å². The zero-order chi connectivity index (χ0) is 23.5. The number of aromatic nitrogens is 2. The number of nitrogens with zero attached hydrogens (tertiary/aromatic N) is 3. The van der Waals surface area contributed by atoms with E-state index in [2.05, 4.69) is 38.0 Å². The number of para-hydroxylation sites is 1. The Kier molecular flexibility index (Phi) is 6.29. The Hall–Kier alpha value is -3.69. The summed E-state index contributed by atoms with van der Waals surface area (Å²) in [7, 11) is 1.61. The highest BCUT2D eigenvalue weighted by atomic mass is 32.1. The fraction of sp³-hybridized carbons (Fsp3) is 0.240. The SMILES string of the molecule is CNC(=O)c1ccccc1Nc1nc(Nc2ccc(N3CCC(O)CC3)cc2)nc2ccsc12. The molecule has 1 amide bonds. The van der Waals surface area contributed by atoms with Crippen LogP contribution in [0, 0.1) is 0 Å². The van der Waals surface area contributed by atoms with Gasteiger partial charge in [0.1, 0.15) is 0 Å². The number of carbonyl (C=O) groups is 1. The fourth-order valence-corrected chi connectivity index (χ4v) is 4.84. The van der Waals surface area contributed by atoms with E-state index in [4.69, 9.17) is 4.98 Å². The zero-order valence-electron chi connectivity index (χ0n) is 18.8. The van der Waals surface area contributed by atoms with Gasteiger partial charge in [-0.3, -0.25) is 4.79 Å². The first-order chi connectivity index (χ1) is 16.6. The lowest BCUT2D eigenvalue weighted by atomic mass is 10.1. The van der Waals surface area contributed by atoms with Crippen LogP contribution in [-0.4, -0.2) is 47.2 Å². The molecule has 5 rings (SSSR count). The van der Waals surface area contributed by atoms with Crippen LogP contribution < -0.4 is 20.9 Å². The molecule has 4 aromatic rings. The maximum atomic E-state index is 12.3. The van der Waals surface area contributed by atoms with Gasteiger partial charge in [-0.2, -0.15) is 4.98 Å². The molecule has 0 radical (unpaired) electrons. The number of anilines is 5. The van der Waals surface area contributed by atoms with Gasteiger partial charge in [0.15, 0.2) is 5.82 Å². The van der Waals surface area contributed by atoms with Crippen LogP contribution in [0.2, 0.25) is 0 Å². The largest absolute Gasteiger partial charge is 0.393 e. The Balaban J connectivity index is 1.39. The number of aliphatic hydroxyl groups is 1. The molecule has 1 fully saturated rings. The predicted molar refractivity (Wildman–Crippen MR) is 138 cm³/mol. The summed E-state index contributed by atoms with van der Waals surface area (Å²) in [5.41, 5.74) is 4.07. The number of aliphatic hydroxyl groups excluding tert-OH is 1. The van der Waals surface area contributed by atoms with E-state index < -0.39 is 0 Å². The van der Waals surface area contributed by atoms with Gasteiger partial charge < -0.3 is 26.0 Å². The summed E-state index contributed by atoms with van der Waals surface area (Å²) in [6.45, 7) is 1.72. The number of rotatable bonds is 6. The summed E-state index contributed by atoms with van der Waals surface area (Å²) in [5, 5.41) is 21.0. The summed E-state index contributed by atoms with van der Waals surface area (Å²) in [6.07, 6.45) is 1.41. The van der Waals surface area contributed by atoms with E-state index in [1.165, 1.54) is 0 Å². The van der Waals surface area contributed by atoms with E-state index in [9.17, 15) is 9.90 Å². The van der Waals surface area contributed by atoms with Gasteiger partial charge in [-0.05, 0) is 60.7 Å². The molecule has 8 nitrogen and oxygen atoms in total. The third-order valence-electron chi connectivity index (χ3n) is 5.91. The van der Waals surface area contributed by atoms with E-state index in [1.807, 2.05) is 41.8 Å². The zero-order valence-corrected chi connectivity index (χ0v) is 19.6. The van der Waals surface area contributed by atoms with Crippen molar-refractivity contribution in [2.45, 2.75) is 18.9 Å². The minimum Gasteiger partial charge on any atom is -0.393 e. The summed E-state index contributed by atoms with van der Waals surface area (Å²) in [5.74, 6) is 0.947. The number of hydrogen-bond acceptors (Lipinski definition) is 8. The second-order valence-corrected chi connectivity index (χ2v) is 9.09. The number of amides is 1. The molecule has 0 bridgehead atoms. The highest BCUT2D eigenvalue weighted by molar-refractivity contribution is 7.17. The number of benzene rings is 2. The van der Waals surface area contributed by atoms with Crippen LogP contribution in [0.1, 0.15) is 23.2 Å². The second-order valence-electron chi connectivity index (χ2n) is 8.17. The van der Waals surface area contributed by atoms with Crippen LogP contribution in [0.15, 0.2) is 60.0 Å². The van der Waals surface area contributed by atoms with Crippen LogP contribution in [0.4, 0.5) is 28.8 Å². The van der Waals surface area contributed by atoms with Crippen molar-refractivity contribution < 1.29 is 9.90 Å². The van der Waals surface area contributed by atoms with Crippen LogP contribution in [0.3, 0.4) is 0 Å². The van der Waals surface area contributed by atoms with Gasteiger partial charge in [-0.1, -0.05) is 12.1 Å². The van der Waals surface area contributed by atoms with E-state index >= 15 is 0 Å². The highest BCUT2D eigenvalue weighted by Crippen LogP contribution is 2.32. The van der Waals surface area contributed by atoms with Crippen molar-refractivity contribution in [3.8, 4) is 0 Å². The van der Waals surface area contributed by atoms with Gasteiger partial charge >= 0.3 is 0 Å². The Labute approximate surface area is 201 Å². The summed E-state index contributed by atoms with van der Waals surface area (Å²) in [4.78, 5) is 24.0. The Morgan fingerprint density at radius 1 is 1.03 bits per heavy atom. The van der Waals surface area contributed by atoms with Gasteiger partial charge in [0.25, 0.3) is 5.91 Å². The maximum absolute atomic E-state index is 12.3.